The van der Waals surface area contributed by atoms with Crippen LogP contribution in [-0.4, -0.2) is 88.3 Å². The number of aliphatic carboxylic acids is 3. The van der Waals surface area contributed by atoms with Gasteiger partial charge in [0.2, 0.25) is 0 Å². The van der Waals surface area contributed by atoms with Crippen molar-refractivity contribution in [2.24, 2.45) is 5.41 Å². The van der Waals surface area contributed by atoms with E-state index in [4.69, 9.17) is 29.9 Å². The maximum atomic E-state index is 11.4. The van der Waals surface area contributed by atoms with Crippen molar-refractivity contribution >= 4 is 24.0 Å². The number of likely N-dealkylation sites (tertiary alicyclic amines) is 1. The molecule has 1 aliphatic heterocycles. The van der Waals surface area contributed by atoms with Crippen LogP contribution in [0.25, 0.3) is 0 Å². The molecule has 3 rings (SSSR count). The zero-order valence-corrected chi connectivity index (χ0v) is 24.7. The summed E-state index contributed by atoms with van der Waals surface area (Å²) in [5.74, 6) is -4.44. The molecule has 0 atom stereocenters. The van der Waals surface area contributed by atoms with Crippen LogP contribution in [0.1, 0.15) is 50.2 Å². The highest BCUT2D eigenvalue weighted by Gasteiger charge is 2.40. The Morgan fingerprint density at radius 3 is 2.07 bits per heavy atom. The molecule has 0 aromatic heterocycles. The van der Waals surface area contributed by atoms with Gasteiger partial charge < -0.3 is 35.2 Å². The van der Waals surface area contributed by atoms with E-state index in [-0.39, 0.29) is 5.41 Å². The lowest BCUT2D eigenvalue weighted by atomic mass is 9.74. The smallest absolute Gasteiger partial charge is 0.412 e. The first kappa shape index (κ1) is 35.2. The predicted octanol–water partition coefficient (Wildman–Crippen LogP) is 3.41. The number of carboxylic acid groups (broad SMARTS) is 3. The Morgan fingerprint density at radius 1 is 0.930 bits per heavy atom. The number of aryl methyl sites for hydroxylation is 1. The van der Waals surface area contributed by atoms with Gasteiger partial charge in [-0.1, -0.05) is 42.5 Å². The minimum atomic E-state index is -2.74. The fourth-order valence-electron chi connectivity index (χ4n) is 4.86. The quantitative estimate of drug-likeness (QED) is 0.214. The van der Waals surface area contributed by atoms with E-state index in [2.05, 4.69) is 53.5 Å². The Morgan fingerprint density at radius 2 is 1.53 bits per heavy atom. The number of hydrogen-bond donors (Lipinski definition) is 5. The Hall–Kier alpha value is -4.00. The lowest BCUT2D eigenvalue weighted by Crippen LogP contribution is -2.42. The van der Waals surface area contributed by atoms with E-state index in [0.717, 1.165) is 57.7 Å². The summed E-state index contributed by atoms with van der Waals surface area (Å²) in [6, 6.07) is 18.6. The molecule has 1 saturated heterocycles. The molecule has 0 saturated carbocycles. The van der Waals surface area contributed by atoms with E-state index in [0.29, 0.717) is 5.75 Å². The molecule has 12 heteroatoms. The zero-order chi connectivity index (χ0) is 31.9. The van der Waals surface area contributed by atoms with Crippen molar-refractivity contribution in [3.8, 4) is 5.75 Å². The summed E-state index contributed by atoms with van der Waals surface area (Å²) in [7, 11) is 1.56. The molecule has 1 heterocycles. The van der Waals surface area contributed by atoms with Gasteiger partial charge in [-0.15, -0.1) is 0 Å². The molecule has 0 radical (unpaired) electrons. The summed E-state index contributed by atoms with van der Waals surface area (Å²) in [6.45, 7) is 6.68. The van der Waals surface area contributed by atoms with Crippen molar-refractivity contribution in [2.75, 3.05) is 33.4 Å². The highest BCUT2D eigenvalue weighted by Crippen LogP contribution is 2.37. The van der Waals surface area contributed by atoms with Crippen LogP contribution >= 0.6 is 0 Å². The predicted molar refractivity (Wildman–Crippen MR) is 157 cm³/mol. The van der Waals surface area contributed by atoms with Gasteiger partial charge in [-0.05, 0) is 74.4 Å². The average Bonchev–Trinajstić information content (AvgIpc) is 2.96. The Bertz CT molecular complexity index is 1180. The summed E-state index contributed by atoms with van der Waals surface area (Å²) in [6.07, 6.45) is 1.84. The third-order valence-corrected chi connectivity index (χ3v) is 7.32. The van der Waals surface area contributed by atoms with Crippen molar-refractivity contribution in [3.63, 3.8) is 0 Å². The molecule has 1 fully saturated rings. The third-order valence-electron chi connectivity index (χ3n) is 7.32. The number of amides is 1. The molecular weight excluding hydrogens is 560 g/mol. The van der Waals surface area contributed by atoms with Crippen LogP contribution in [0, 0.1) is 5.41 Å². The van der Waals surface area contributed by atoms with Gasteiger partial charge in [-0.3, -0.25) is 14.5 Å². The van der Waals surface area contributed by atoms with Crippen LogP contribution in [-0.2, 0) is 32.1 Å². The zero-order valence-electron chi connectivity index (χ0n) is 24.7. The van der Waals surface area contributed by atoms with E-state index >= 15 is 0 Å². The highest BCUT2D eigenvalue weighted by atomic mass is 16.6. The molecule has 0 aliphatic carbocycles. The fourth-order valence-corrected chi connectivity index (χ4v) is 4.86. The number of benzene rings is 2. The molecule has 236 valence electrons. The first-order chi connectivity index (χ1) is 20.4. The number of piperidine rings is 1. The summed E-state index contributed by atoms with van der Waals surface area (Å²) >= 11 is 0. The second kappa shape index (κ2) is 17.2. The molecule has 1 amide bonds. The van der Waals surface area contributed by atoms with E-state index in [1.54, 1.807) is 7.05 Å². The molecule has 43 heavy (non-hydrogen) atoms. The maximum Gasteiger partial charge on any atom is 0.412 e. The highest BCUT2D eigenvalue weighted by molar-refractivity contribution is 5.88. The van der Waals surface area contributed by atoms with Gasteiger partial charge in [0.1, 0.15) is 5.75 Å². The van der Waals surface area contributed by atoms with Gasteiger partial charge in [0.15, 0.2) is 5.60 Å². The van der Waals surface area contributed by atoms with Gasteiger partial charge in [0, 0.05) is 20.2 Å². The van der Waals surface area contributed by atoms with E-state index in [1.165, 1.54) is 12.0 Å². The van der Waals surface area contributed by atoms with Crippen LogP contribution in [0.3, 0.4) is 0 Å². The van der Waals surface area contributed by atoms with Gasteiger partial charge in [-0.25, -0.2) is 9.59 Å². The summed E-state index contributed by atoms with van der Waals surface area (Å²) in [5, 5.41) is 36.3. The van der Waals surface area contributed by atoms with Crippen LogP contribution in [0.5, 0.6) is 5.75 Å². The van der Waals surface area contributed by atoms with Crippen molar-refractivity contribution in [2.45, 2.75) is 57.6 Å². The number of ether oxygens (including phenoxy) is 2. The van der Waals surface area contributed by atoms with Crippen molar-refractivity contribution in [1.82, 2.24) is 10.2 Å². The van der Waals surface area contributed by atoms with E-state index < -0.39 is 42.4 Å². The van der Waals surface area contributed by atoms with Crippen molar-refractivity contribution in [1.29, 1.82) is 0 Å². The molecule has 2 aromatic rings. The number of carboxylic acids is 3. The standard InChI is InChI=1S/C25H34N2O3.C6H8O7/c1-3-29-20-25(13-12-21-8-5-4-6-9-21)14-16-27(17-15-25)19-22-10-7-11-23(18-22)30-24(28)26-2;7-3(8)1-6(13,5(11)12)2-4(9)10/h4-11,18H,3,12-17,19-20H2,1-2H3,(H,26,28);13H,1-2H2,(H,7,8)(H,9,10)(H,11,12). The molecular formula is C31H42N2O10. The SMILES string of the molecule is CCOCC1(CCc2ccccc2)CCN(Cc2cccc(OC(=O)NC)c2)CC1.O=C(O)CC(O)(CC(=O)O)C(=O)O. The topological polar surface area (TPSA) is 183 Å². The van der Waals surface area contributed by atoms with E-state index in [9.17, 15) is 19.2 Å². The van der Waals surface area contributed by atoms with Gasteiger partial charge in [0.05, 0.1) is 19.4 Å². The number of carbonyl (C=O) groups is 4. The van der Waals surface area contributed by atoms with Gasteiger partial charge in [-0.2, -0.15) is 0 Å². The first-order valence-electron chi connectivity index (χ1n) is 14.1. The Labute approximate surface area is 251 Å². The van der Waals surface area contributed by atoms with Gasteiger partial charge >= 0.3 is 24.0 Å². The van der Waals surface area contributed by atoms with Crippen LogP contribution in [0.4, 0.5) is 4.79 Å². The molecule has 2 aromatic carbocycles. The number of aliphatic hydroxyl groups is 1. The Balaban J connectivity index is 0.000000420. The van der Waals surface area contributed by atoms with Crippen LogP contribution in [0.15, 0.2) is 54.6 Å². The van der Waals surface area contributed by atoms with Gasteiger partial charge in [0.25, 0.3) is 0 Å². The summed E-state index contributed by atoms with van der Waals surface area (Å²) in [5.41, 5.74) is 0.0891. The number of hydrogen-bond acceptors (Lipinski definition) is 8. The minimum absolute atomic E-state index is 0.256. The second-order valence-electron chi connectivity index (χ2n) is 10.7. The maximum absolute atomic E-state index is 11.4. The average molecular weight is 603 g/mol. The van der Waals surface area contributed by atoms with Crippen molar-refractivity contribution < 1.29 is 49.1 Å². The molecule has 0 bridgehead atoms. The molecule has 5 N–H and O–H groups in total. The lowest BCUT2D eigenvalue weighted by Gasteiger charge is -2.42. The van der Waals surface area contributed by atoms with Crippen molar-refractivity contribution in [3.05, 3.63) is 65.7 Å². The number of nitrogens with one attached hydrogen (secondary N) is 1. The second-order valence-corrected chi connectivity index (χ2v) is 10.7. The molecule has 1 aliphatic rings. The summed E-state index contributed by atoms with van der Waals surface area (Å²) < 4.78 is 11.2. The number of rotatable bonds is 14. The van der Waals surface area contributed by atoms with E-state index in [1.807, 2.05) is 18.2 Å². The normalized spacial score (nSPS) is 14.6. The molecule has 0 unspecified atom stereocenters. The minimum Gasteiger partial charge on any atom is -0.481 e. The fraction of sp³-hybridized carbons (Fsp3) is 0.484. The monoisotopic (exact) mass is 602 g/mol. The summed E-state index contributed by atoms with van der Waals surface area (Å²) in [4.78, 5) is 44.4. The largest absolute Gasteiger partial charge is 0.481 e. The molecule has 0 spiro atoms. The van der Waals surface area contributed by atoms with Crippen LogP contribution < -0.4 is 10.1 Å². The number of carbonyl (C=O) groups excluding carboxylic acids is 1. The molecule has 12 nitrogen and oxygen atoms in total. The Kier molecular flexibility index (Phi) is 14.1. The lowest BCUT2D eigenvalue weighted by molar-refractivity contribution is -0.170. The first-order valence-corrected chi connectivity index (χ1v) is 14.1. The number of nitrogens with zero attached hydrogens (tertiary/aromatic N) is 1. The van der Waals surface area contributed by atoms with Crippen LogP contribution in [0.2, 0.25) is 0 Å². The third kappa shape index (κ3) is 12.4.